The Morgan fingerprint density at radius 1 is 1.44 bits per heavy atom. The molecule has 0 atom stereocenters. The van der Waals surface area contributed by atoms with E-state index in [1.807, 2.05) is 6.07 Å². The molecule has 0 aliphatic rings. The molecule has 25 heavy (non-hydrogen) atoms. The number of carbonyl (C=O) groups excluding carboxylic acids is 1. The minimum atomic E-state index is -0.668. The van der Waals surface area contributed by atoms with E-state index in [4.69, 9.17) is 4.42 Å². The van der Waals surface area contributed by atoms with Gasteiger partial charge in [0.1, 0.15) is 6.07 Å². The average molecular weight is 400 g/mol. The number of aromatic nitrogens is 2. The molecule has 0 unspecified atom stereocenters. The van der Waals surface area contributed by atoms with Crippen LogP contribution < -0.4 is 5.56 Å². The third-order valence-electron chi connectivity index (χ3n) is 3.41. The first kappa shape index (κ1) is 16.7. The molecular weight excluding hydrogens is 390 g/mol. The fourth-order valence-electron chi connectivity index (χ4n) is 2.24. The molecule has 7 nitrogen and oxygen atoms in total. The van der Waals surface area contributed by atoms with Crippen molar-refractivity contribution >= 4 is 44.5 Å². The van der Waals surface area contributed by atoms with E-state index in [2.05, 4.69) is 30.6 Å². The Morgan fingerprint density at radius 3 is 2.96 bits per heavy atom. The standard InChI is InChI=1S/C17H10BrN3O4/c1-24-17(23)14-9(4-5-25-14)6-10(8-19)15-20-13-3-2-11(18)7-12(13)16(22)21-15/h2-7H,1H3,(H,20,21,22). The Kier molecular flexibility index (Phi) is 4.50. The first-order chi connectivity index (χ1) is 12.0. The lowest BCUT2D eigenvalue weighted by molar-refractivity contribution is 0.0565. The Morgan fingerprint density at radius 2 is 2.24 bits per heavy atom. The van der Waals surface area contributed by atoms with Gasteiger partial charge in [-0.2, -0.15) is 5.26 Å². The van der Waals surface area contributed by atoms with E-state index < -0.39 is 5.97 Å². The second kappa shape index (κ2) is 6.75. The van der Waals surface area contributed by atoms with E-state index >= 15 is 0 Å². The zero-order valence-corrected chi connectivity index (χ0v) is 14.5. The van der Waals surface area contributed by atoms with Crippen LogP contribution in [0.2, 0.25) is 0 Å². The molecule has 0 amide bonds. The molecule has 0 aliphatic heterocycles. The Bertz CT molecular complexity index is 1110. The Labute approximate surface area is 149 Å². The third kappa shape index (κ3) is 3.22. The van der Waals surface area contributed by atoms with Gasteiger partial charge in [0.15, 0.2) is 5.82 Å². The number of esters is 1. The molecule has 2 aromatic heterocycles. The molecule has 0 saturated carbocycles. The lowest BCUT2D eigenvalue weighted by Crippen LogP contribution is -2.11. The molecule has 3 aromatic rings. The molecular formula is C17H10BrN3O4. The molecule has 0 aliphatic carbocycles. The zero-order chi connectivity index (χ0) is 18.0. The van der Waals surface area contributed by atoms with Gasteiger partial charge in [-0.3, -0.25) is 4.79 Å². The highest BCUT2D eigenvalue weighted by molar-refractivity contribution is 9.10. The van der Waals surface area contributed by atoms with Crippen molar-refractivity contribution < 1.29 is 13.9 Å². The minimum Gasteiger partial charge on any atom is -0.463 e. The number of nitriles is 1. The molecule has 2 heterocycles. The maximum Gasteiger partial charge on any atom is 0.374 e. The zero-order valence-electron chi connectivity index (χ0n) is 12.9. The summed E-state index contributed by atoms with van der Waals surface area (Å²) >= 11 is 3.30. The lowest BCUT2D eigenvalue weighted by atomic mass is 10.1. The van der Waals surface area contributed by atoms with E-state index in [1.165, 1.54) is 25.5 Å². The van der Waals surface area contributed by atoms with Gasteiger partial charge in [-0.25, -0.2) is 9.78 Å². The minimum absolute atomic E-state index is 0.0395. The molecule has 1 N–H and O–H groups in total. The van der Waals surface area contributed by atoms with Crippen molar-refractivity contribution in [3.63, 3.8) is 0 Å². The second-order valence-electron chi connectivity index (χ2n) is 4.94. The molecule has 0 saturated heterocycles. The third-order valence-corrected chi connectivity index (χ3v) is 3.90. The van der Waals surface area contributed by atoms with Crippen molar-refractivity contribution in [3.05, 3.63) is 62.5 Å². The maximum atomic E-state index is 12.3. The van der Waals surface area contributed by atoms with Gasteiger partial charge in [0, 0.05) is 10.0 Å². The van der Waals surface area contributed by atoms with Crippen LogP contribution in [0, 0.1) is 11.3 Å². The first-order valence-electron chi connectivity index (χ1n) is 7.01. The second-order valence-corrected chi connectivity index (χ2v) is 5.86. The van der Waals surface area contributed by atoms with Gasteiger partial charge in [0.25, 0.3) is 5.56 Å². The topological polar surface area (TPSA) is 109 Å². The van der Waals surface area contributed by atoms with Gasteiger partial charge < -0.3 is 14.1 Å². The van der Waals surface area contributed by atoms with Crippen LogP contribution in [0.3, 0.4) is 0 Å². The van der Waals surface area contributed by atoms with E-state index in [0.717, 1.165) is 4.47 Å². The molecule has 0 fully saturated rings. The number of methoxy groups -OCH3 is 1. The number of halogens is 1. The van der Waals surface area contributed by atoms with E-state index in [-0.39, 0.29) is 22.7 Å². The number of nitrogens with zero attached hydrogens (tertiary/aromatic N) is 2. The van der Waals surface area contributed by atoms with Crippen LogP contribution in [0.15, 0.2) is 44.2 Å². The molecule has 3 rings (SSSR count). The van der Waals surface area contributed by atoms with Crippen LogP contribution in [0.5, 0.6) is 0 Å². The summed E-state index contributed by atoms with van der Waals surface area (Å²) in [7, 11) is 1.23. The van der Waals surface area contributed by atoms with Gasteiger partial charge in [0.05, 0.1) is 29.8 Å². The first-order valence-corrected chi connectivity index (χ1v) is 7.80. The van der Waals surface area contributed by atoms with E-state index in [1.54, 1.807) is 18.2 Å². The monoisotopic (exact) mass is 399 g/mol. The summed E-state index contributed by atoms with van der Waals surface area (Å²) in [5, 5.41) is 9.83. The predicted octanol–water partition coefficient (Wildman–Crippen LogP) is 3.13. The van der Waals surface area contributed by atoms with Gasteiger partial charge in [0.2, 0.25) is 5.76 Å². The number of carbonyl (C=O) groups is 1. The van der Waals surface area contributed by atoms with Gasteiger partial charge in [-0.05, 0) is 30.3 Å². The highest BCUT2D eigenvalue weighted by Gasteiger charge is 2.16. The average Bonchev–Trinajstić information content (AvgIpc) is 3.07. The summed E-state index contributed by atoms with van der Waals surface area (Å²) in [5.74, 6) is -0.611. The summed E-state index contributed by atoms with van der Waals surface area (Å²) in [4.78, 5) is 30.8. The van der Waals surface area contributed by atoms with Crippen molar-refractivity contribution in [1.29, 1.82) is 5.26 Å². The van der Waals surface area contributed by atoms with E-state index in [0.29, 0.717) is 16.5 Å². The summed E-state index contributed by atoms with van der Waals surface area (Å²) in [6.45, 7) is 0. The smallest absolute Gasteiger partial charge is 0.374 e. The number of ether oxygens (including phenoxy) is 1. The number of furan rings is 1. The molecule has 0 bridgehead atoms. The summed E-state index contributed by atoms with van der Waals surface area (Å²) in [6, 6.07) is 8.55. The molecule has 8 heteroatoms. The number of H-pyrrole nitrogens is 1. The van der Waals surface area contributed by atoms with Crippen LogP contribution in [0.1, 0.15) is 21.9 Å². The van der Waals surface area contributed by atoms with Crippen molar-refractivity contribution in [2.75, 3.05) is 7.11 Å². The Hall–Kier alpha value is -3.18. The van der Waals surface area contributed by atoms with Gasteiger partial charge >= 0.3 is 5.97 Å². The van der Waals surface area contributed by atoms with Crippen LogP contribution in [-0.4, -0.2) is 23.0 Å². The number of hydrogen-bond donors (Lipinski definition) is 1. The van der Waals surface area contributed by atoms with Crippen LogP contribution in [-0.2, 0) is 4.74 Å². The fraction of sp³-hybridized carbons (Fsp3) is 0.0588. The predicted molar refractivity (Wildman–Crippen MR) is 93.6 cm³/mol. The van der Waals surface area contributed by atoms with Crippen LogP contribution >= 0.6 is 15.9 Å². The maximum absolute atomic E-state index is 12.3. The fourth-order valence-corrected chi connectivity index (χ4v) is 2.60. The summed E-state index contributed by atoms with van der Waals surface area (Å²) in [6.07, 6.45) is 2.71. The quantitative estimate of drug-likeness (QED) is 0.535. The number of allylic oxidation sites excluding steroid dienone is 1. The summed E-state index contributed by atoms with van der Waals surface area (Å²) < 4.78 is 10.4. The number of aromatic amines is 1. The van der Waals surface area contributed by atoms with Gasteiger partial charge in [-0.15, -0.1) is 0 Å². The number of benzene rings is 1. The van der Waals surface area contributed by atoms with Crippen molar-refractivity contribution in [2.24, 2.45) is 0 Å². The van der Waals surface area contributed by atoms with Crippen molar-refractivity contribution in [1.82, 2.24) is 9.97 Å². The molecule has 1 aromatic carbocycles. The molecule has 0 spiro atoms. The normalized spacial score (nSPS) is 11.3. The number of hydrogen-bond acceptors (Lipinski definition) is 6. The Balaban J connectivity index is 2.14. The van der Waals surface area contributed by atoms with E-state index in [9.17, 15) is 14.9 Å². The highest BCUT2D eigenvalue weighted by atomic mass is 79.9. The molecule has 0 radical (unpaired) electrons. The van der Waals surface area contributed by atoms with Crippen molar-refractivity contribution in [3.8, 4) is 6.07 Å². The SMILES string of the molecule is COC(=O)c1occc1C=C(C#N)c1nc2ccc(Br)cc2c(=O)[nH]1. The lowest BCUT2D eigenvalue weighted by Gasteiger charge is -2.03. The van der Waals surface area contributed by atoms with Crippen LogP contribution in [0.4, 0.5) is 0 Å². The number of rotatable bonds is 3. The summed E-state index contributed by atoms with van der Waals surface area (Å²) in [5.41, 5.74) is 0.502. The van der Waals surface area contributed by atoms with Crippen LogP contribution in [0.25, 0.3) is 22.6 Å². The van der Waals surface area contributed by atoms with Gasteiger partial charge in [-0.1, -0.05) is 15.9 Å². The number of fused-ring (bicyclic) bond motifs is 1. The largest absolute Gasteiger partial charge is 0.463 e. The number of nitrogens with one attached hydrogen (secondary N) is 1. The van der Waals surface area contributed by atoms with Crippen molar-refractivity contribution in [2.45, 2.75) is 0 Å². The highest BCUT2D eigenvalue weighted by Crippen LogP contribution is 2.21. The molecule has 124 valence electrons.